The summed E-state index contributed by atoms with van der Waals surface area (Å²) < 4.78 is 25.1. The molecule has 0 atom stereocenters. The first kappa shape index (κ1) is 20.9. The van der Waals surface area contributed by atoms with Crippen molar-refractivity contribution >= 4 is 23.4 Å². The molecule has 1 amide bonds. The third-order valence-corrected chi connectivity index (χ3v) is 5.77. The van der Waals surface area contributed by atoms with Gasteiger partial charge in [0, 0.05) is 43.2 Å². The maximum Gasteiger partial charge on any atom is 0.266 e. The number of benzene rings is 1. The Labute approximate surface area is 183 Å². The SMILES string of the molecule is CN(Cc1c(F)cccc1Cl)C(=O)C1CCN(c2oc(-c3ccco3)nc2C#N)CC1. The lowest BCUT2D eigenvalue weighted by Gasteiger charge is -2.33. The molecule has 7 nitrogen and oxygen atoms in total. The highest BCUT2D eigenvalue weighted by Crippen LogP contribution is 2.32. The van der Waals surface area contributed by atoms with Crippen LogP contribution in [0.25, 0.3) is 11.7 Å². The van der Waals surface area contributed by atoms with Gasteiger partial charge >= 0.3 is 0 Å². The summed E-state index contributed by atoms with van der Waals surface area (Å²) in [5.74, 6) is 0.380. The average molecular weight is 443 g/mol. The number of hydrogen-bond acceptors (Lipinski definition) is 6. The van der Waals surface area contributed by atoms with Crippen LogP contribution < -0.4 is 4.90 Å². The van der Waals surface area contributed by atoms with E-state index >= 15 is 0 Å². The van der Waals surface area contributed by atoms with E-state index < -0.39 is 5.82 Å². The number of aromatic nitrogens is 1. The highest BCUT2D eigenvalue weighted by molar-refractivity contribution is 6.31. The van der Waals surface area contributed by atoms with E-state index in [2.05, 4.69) is 11.1 Å². The number of furan rings is 1. The number of hydrogen-bond donors (Lipinski definition) is 0. The van der Waals surface area contributed by atoms with Crippen LogP contribution in [0.3, 0.4) is 0 Å². The molecule has 3 heterocycles. The van der Waals surface area contributed by atoms with Crippen LogP contribution in [-0.4, -0.2) is 35.9 Å². The molecule has 0 unspecified atom stereocenters. The first-order valence-corrected chi connectivity index (χ1v) is 10.2. The molecule has 1 aliphatic rings. The largest absolute Gasteiger partial charge is 0.459 e. The number of nitrogens with zero attached hydrogens (tertiary/aromatic N) is 4. The van der Waals surface area contributed by atoms with E-state index in [-0.39, 0.29) is 30.0 Å². The van der Waals surface area contributed by atoms with Crippen LogP contribution in [0.15, 0.2) is 45.4 Å². The second-order valence-electron chi connectivity index (χ2n) is 7.42. The Morgan fingerprint density at radius 1 is 1.35 bits per heavy atom. The Bertz CT molecular complexity index is 1090. The predicted octanol–water partition coefficient (Wildman–Crippen LogP) is 4.47. The summed E-state index contributed by atoms with van der Waals surface area (Å²) in [5, 5.41) is 9.73. The lowest BCUT2D eigenvalue weighted by atomic mass is 9.95. The summed E-state index contributed by atoms with van der Waals surface area (Å²) in [7, 11) is 1.65. The van der Waals surface area contributed by atoms with Gasteiger partial charge in [0.2, 0.25) is 17.5 Å². The summed E-state index contributed by atoms with van der Waals surface area (Å²) in [6.45, 7) is 1.18. The van der Waals surface area contributed by atoms with Gasteiger partial charge in [0.15, 0.2) is 5.76 Å². The number of halogens is 2. The zero-order chi connectivity index (χ0) is 22.0. The summed E-state index contributed by atoms with van der Waals surface area (Å²) in [6, 6.07) is 9.96. The van der Waals surface area contributed by atoms with Gasteiger partial charge in [-0.2, -0.15) is 10.2 Å². The van der Waals surface area contributed by atoms with Gasteiger partial charge in [0.1, 0.15) is 11.9 Å². The molecule has 0 radical (unpaired) electrons. The van der Waals surface area contributed by atoms with E-state index in [1.165, 1.54) is 23.3 Å². The van der Waals surface area contributed by atoms with E-state index in [9.17, 15) is 14.4 Å². The number of anilines is 1. The molecule has 1 aromatic carbocycles. The number of piperidine rings is 1. The minimum Gasteiger partial charge on any atom is -0.459 e. The molecule has 0 saturated carbocycles. The Morgan fingerprint density at radius 3 is 2.77 bits per heavy atom. The zero-order valence-corrected chi connectivity index (χ0v) is 17.6. The molecule has 0 bridgehead atoms. The average Bonchev–Trinajstić information content (AvgIpc) is 3.45. The van der Waals surface area contributed by atoms with Crippen LogP contribution in [-0.2, 0) is 11.3 Å². The third kappa shape index (κ3) is 4.28. The van der Waals surface area contributed by atoms with Gasteiger partial charge in [-0.25, -0.2) is 4.39 Å². The Kier molecular flexibility index (Phi) is 5.96. The molecule has 0 aliphatic carbocycles. The van der Waals surface area contributed by atoms with Gasteiger partial charge in [0.25, 0.3) is 5.89 Å². The lowest BCUT2D eigenvalue weighted by molar-refractivity contribution is -0.135. The van der Waals surface area contributed by atoms with E-state index in [0.717, 1.165) is 0 Å². The zero-order valence-electron chi connectivity index (χ0n) is 16.8. The van der Waals surface area contributed by atoms with Gasteiger partial charge in [0.05, 0.1) is 6.26 Å². The molecular weight excluding hydrogens is 423 g/mol. The maximum absolute atomic E-state index is 14.1. The number of amides is 1. The quantitative estimate of drug-likeness (QED) is 0.579. The Balaban J connectivity index is 1.41. The number of carbonyl (C=O) groups excluding carboxylic acids is 1. The molecule has 160 valence electrons. The number of rotatable bonds is 5. The Morgan fingerprint density at radius 2 is 2.13 bits per heavy atom. The number of oxazole rings is 1. The van der Waals surface area contributed by atoms with Crippen molar-refractivity contribution < 1.29 is 18.0 Å². The lowest BCUT2D eigenvalue weighted by Crippen LogP contribution is -2.41. The normalized spacial score (nSPS) is 14.5. The van der Waals surface area contributed by atoms with Crippen molar-refractivity contribution in [3.63, 3.8) is 0 Å². The summed E-state index contributed by atoms with van der Waals surface area (Å²) in [4.78, 5) is 20.5. The van der Waals surface area contributed by atoms with E-state index in [1.807, 2.05) is 4.90 Å². The van der Waals surface area contributed by atoms with E-state index in [4.69, 9.17) is 20.4 Å². The highest BCUT2D eigenvalue weighted by atomic mass is 35.5. The molecule has 1 aliphatic heterocycles. The molecule has 3 aromatic rings. The molecule has 4 rings (SSSR count). The third-order valence-electron chi connectivity index (χ3n) is 5.41. The summed E-state index contributed by atoms with van der Waals surface area (Å²) in [6.07, 6.45) is 2.67. The second-order valence-corrected chi connectivity index (χ2v) is 7.82. The van der Waals surface area contributed by atoms with Gasteiger partial charge < -0.3 is 18.6 Å². The van der Waals surface area contributed by atoms with Crippen LogP contribution in [0.5, 0.6) is 0 Å². The molecule has 1 saturated heterocycles. The Hall–Kier alpha value is -3.31. The van der Waals surface area contributed by atoms with Gasteiger partial charge in [-0.15, -0.1) is 0 Å². The molecule has 2 aromatic heterocycles. The van der Waals surface area contributed by atoms with Gasteiger partial charge in [-0.05, 0) is 37.1 Å². The standard InChI is InChI=1S/C22H20ClFN4O3/c1-27(13-15-16(23)4-2-5-17(15)24)21(29)14-7-9-28(10-8-14)22-18(12-25)26-20(31-22)19-6-3-11-30-19/h2-6,11,14H,7-10,13H2,1H3. The van der Waals surface area contributed by atoms with Crippen LogP contribution >= 0.6 is 11.6 Å². The van der Waals surface area contributed by atoms with Crippen LogP contribution in [0.1, 0.15) is 24.1 Å². The van der Waals surface area contributed by atoms with E-state index in [1.54, 1.807) is 25.2 Å². The van der Waals surface area contributed by atoms with Crippen molar-refractivity contribution in [1.82, 2.24) is 9.88 Å². The van der Waals surface area contributed by atoms with Crippen LogP contribution in [0.4, 0.5) is 10.3 Å². The predicted molar refractivity (Wildman–Crippen MR) is 112 cm³/mol. The maximum atomic E-state index is 14.1. The van der Waals surface area contributed by atoms with Crippen molar-refractivity contribution in [1.29, 1.82) is 5.26 Å². The van der Waals surface area contributed by atoms with Crippen molar-refractivity contribution in [2.75, 3.05) is 25.0 Å². The summed E-state index contributed by atoms with van der Waals surface area (Å²) >= 11 is 6.08. The van der Waals surface area contributed by atoms with Gasteiger partial charge in [-0.3, -0.25) is 4.79 Å². The van der Waals surface area contributed by atoms with Crippen molar-refractivity contribution in [3.05, 3.63) is 58.7 Å². The topological polar surface area (TPSA) is 86.5 Å². The van der Waals surface area contributed by atoms with Crippen molar-refractivity contribution in [2.24, 2.45) is 5.92 Å². The summed E-state index contributed by atoms with van der Waals surface area (Å²) in [5.41, 5.74) is 0.491. The first-order chi connectivity index (χ1) is 15.0. The van der Waals surface area contributed by atoms with Crippen molar-refractivity contribution in [3.8, 4) is 17.7 Å². The fraction of sp³-hybridized carbons (Fsp3) is 0.318. The van der Waals surface area contributed by atoms with Crippen LogP contribution in [0, 0.1) is 23.1 Å². The molecule has 1 fully saturated rings. The molecule has 31 heavy (non-hydrogen) atoms. The van der Waals surface area contributed by atoms with Crippen LogP contribution in [0.2, 0.25) is 5.02 Å². The first-order valence-electron chi connectivity index (χ1n) is 9.85. The minimum atomic E-state index is -0.427. The fourth-order valence-electron chi connectivity index (χ4n) is 3.74. The second kappa shape index (κ2) is 8.82. The minimum absolute atomic E-state index is 0.0617. The molecule has 0 spiro atoms. The fourth-order valence-corrected chi connectivity index (χ4v) is 3.97. The highest BCUT2D eigenvalue weighted by Gasteiger charge is 2.31. The number of nitriles is 1. The smallest absolute Gasteiger partial charge is 0.266 e. The molecule has 9 heteroatoms. The molecule has 0 N–H and O–H groups in total. The van der Waals surface area contributed by atoms with Gasteiger partial charge in [-0.1, -0.05) is 17.7 Å². The van der Waals surface area contributed by atoms with Crippen molar-refractivity contribution in [2.45, 2.75) is 19.4 Å². The molecular formula is C22H20ClFN4O3. The number of carbonyl (C=O) groups is 1. The monoisotopic (exact) mass is 442 g/mol. The van der Waals surface area contributed by atoms with E-state index in [0.29, 0.717) is 48.2 Å².